The Hall–Kier alpha value is -2.05. The molecule has 3 aromatic rings. The quantitative estimate of drug-likeness (QED) is 0.220. The summed E-state index contributed by atoms with van der Waals surface area (Å²) in [6.45, 7) is 1.96. The number of aromatic nitrogens is 1. The van der Waals surface area contributed by atoms with Crippen LogP contribution in [0, 0.1) is 0 Å². The smallest absolute Gasteiger partial charge is 0.237 e. The van der Waals surface area contributed by atoms with Gasteiger partial charge in [-0.1, -0.05) is 53.9 Å². The molecule has 0 aliphatic heterocycles. The number of halogens is 3. The van der Waals surface area contributed by atoms with Gasteiger partial charge >= 0.3 is 0 Å². The number of carbonyl (C=O) groups excluding carboxylic acids is 1. The van der Waals surface area contributed by atoms with Crippen LogP contribution in [0.2, 0.25) is 15.2 Å². The summed E-state index contributed by atoms with van der Waals surface area (Å²) in [5.74, 6) is -0.136. The van der Waals surface area contributed by atoms with Gasteiger partial charge in [0.2, 0.25) is 5.91 Å². The summed E-state index contributed by atoms with van der Waals surface area (Å²) in [4.78, 5) is 22.2. The number of nitrogens with one attached hydrogen (secondary N) is 1. The van der Waals surface area contributed by atoms with Crippen molar-refractivity contribution in [3.63, 3.8) is 0 Å². The third-order valence-electron chi connectivity index (χ3n) is 4.11. The molecule has 1 N–H and O–H groups in total. The Balaban J connectivity index is 1.71. The minimum Gasteiger partial charge on any atom is -0.324 e. The number of aliphatic imine (C=N–C) groups is 1. The van der Waals surface area contributed by atoms with E-state index >= 15 is 0 Å². The molecule has 4 nitrogen and oxygen atoms in total. The molecule has 0 saturated carbocycles. The maximum absolute atomic E-state index is 12.8. The predicted molar refractivity (Wildman–Crippen MR) is 128 cm³/mol. The van der Waals surface area contributed by atoms with Crippen molar-refractivity contribution in [3.8, 4) is 0 Å². The molecule has 8 heteroatoms. The lowest BCUT2D eigenvalue weighted by Crippen LogP contribution is -2.24. The van der Waals surface area contributed by atoms with E-state index in [1.54, 1.807) is 36.7 Å². The summed E-state index contributed by atoms with van der Waals surface area (Å²) in [5, 5.41) is 3.69. The third-order valence-corrected chi connectivity index (χ3v) is 6.60. The molecule has 0 saturated heterocycles. The molecular formula is C22H18Cl3N3OS. The number of pyridine rings is 1. The van der Waals surface area contributed by atoms with E-state index in [0.717, 1.165) is 16.1 Å². The second kappa shape index (κ2) is 10.8. The first kappa shape index (κ1) is 22.6. The van der Waals surface area contributed by atoms with Gasteiger partial charge in [-0.3, -0.25) is 9.79 Å². The van der Waals surface area contributed by atoms with E-state index < -0.39 is 0 Å². The third kappa shape index (κ3) is 5.99. The Morgan fingerprint density at radius 1 is 1.17 bits per heavy atom. The van der Waals surface area contributed by atoms with Gasteiger partial charge in [-0.15, -0.1) is 11.8 Å². The van der Waals surface area contributed by atoms with Crippen molar-refractivity contribution in [1.82, 2.24) is 4.98 Å². The number of rotatable bonds is 7. The van der Waals surface area contributed by atoms with E-state index in [1.807, 2.05) is 37.3 Å². The van der Waals surface area contributed by atoms with Gasteiger partial charge < -0.3 is 5.32 Å². The van der Waals surface area contributed by atoms with Crippen LogP contribution in [0.1, 0.15) is 18.9 Å². The zero-order valence-electron chi connectivity index (χ0n) is 16.0. The molecule has 1 aromatic heterocycles. The second-order valence-electron chi connectivity index (χ2n) is 6.24. The second-order valence-corrected chi connectivity index (χ2v) is 8.66. The summed E-state index contributed by atoms with van der Waals surface area (Å²) >= 11 is 19.7. The highest BCUT2D eigenvalue weighted by Gasteiger charge is 2.19. The van der Waals surface area contributed by atoms with Crippen molar-refractivity contribution in [3.05, 3.63) is 81.6 Å². The van der Waals surface area contributed by atoms with E-state index in [0.29, 0.717) is 27.3 Å². The maximum atomic E-state index is 12.8. The fourth-order valence-corrected chi connectivity index (χ4v) is 4.10. The number of hydrogen-bond acceptors (Lipinski definition) is 4. The molecule has 1 atom stereocenters. The van der Waals surface area contributed by atoms with E-state index in [9.17, 15) is 4.79 Å². The molecule has 30 heavy (non-hydrogen) atoms. The van der Waals surface area contributed by atoms with Crippen LogP contribution < -0.4 is 5.32 Å². The highest BCUT2D eigenvalue weighted by molar-refractivity contribution is 8.00. The average molecular weight is 479 g/mol. The molecule has 0 unspecified atom stereocenters. The Labute approximate surface area is 194 Å². The highest BCUT2D eigenvalue weighted by atomic mass is 35.5. The van der Waals surface area contributed by atoms with Crippen LogP contribution in [0.4, 0.5) is 11.4 Å². The van der Waals surface area contributed by atoms with Crippen LogP contribution in [0.15, 0.2) is 70.7 Å². The Bertz CT molecular complexity index is 1070. The van der Waals surface area contributed by atoms with Gasteiger partial charge in [0.25, 0.3) is 0 Å². The summed E-state index contributed by atoms with van der Waals surface area (Å²) in [6, 6.07) is 16.4. The molecule has 0 aliphatic rings. The van der Waals surface area contributed by atoms with Crippen LogP contribution in [0.5, 0.6) is 0 Å². The van der Waals surface area contributed by atoms with Crippen LogP contribution >= 0.6 is 46.6 Å². The van der Waals surface area contributed by atoms with Gasteiger partial charge in [-0.2, -0.15) is 0 Å². The fraction of sp³-hybridized carbons (Fsp3) is 0.136. The average Bonchev–Trinajstić information content (AvgIpc) is 2.75. The van der Waals surface area contributed by atoms with Gasteiger partial charge in [0.15, 0.2) is 0 Å². The van der Waals surface area contributed by atoms with Crippen molar-refractivity contribution in [1.29, 1.82) is 0 Å². The first-order valence-electron chi connectivity index (χ1n) is 9.14. The van der Waals surface area contributed by atoms with Crippen LogP contribution in [0.3, 0.4) is 0 Å². The van der Waals surface area contributed by atoms with E-state index in [2.05, 4.69) is 15.3 Å². The van der Waals surface area contributed by atoms with Crippen LogP contribution in [0.25, 0.3) is 0 Å². The molecule has 3 rings (SSSR count). The van der Waals surface area contributed by atoms with Crippen molar-refractivity contribution >= 4 is 70.1 Å². The van der Waals surface area contributed by atoms with Gasteiger partial charge in [0, 0.05) is 22.9 Å². The number of anilines is 1. The van der Waals surface area contributed by atoms with E-state index in [4.69, 9.17) is 34.8 Å². The van der Waals surface area contributed by atoms with Crippen LogP contribution in [-0.4, -0.2) is 22.4 Å². The Kier molecular flexibility index (Phi) is 8.16. The zero-order valence-corrected chi connectivity index (χ0v) is 19.1. The number of nitrogens with zero attached hydrogens (tertiary/aromatic N) is 2. The molecule has 154 valence electrons. The molecule has 1 amide bonds. The summed E-state index contributed by atoms with van der Waals surface area (Å²) in [6.07, 6.45) is 3.95. The van der Waals surface area contributed by atoms with Crippen molar-refractivity contribution in [2.45, 2.75) is 23.5 Å². The largest absolute Gasteiger partial charge is 0.324 e. The zero-order chi connectivity index (χ0) is 21.5. The van der Waals surface area contributed by atoms with Crippen molar-refractivity contribution in [2.75, 3.05) is 5.32 Å². The number of benzene rings is 2. The van der Waals surface area contributed by atoms with Crippen molar-refractivity contribution < 1.29 is 4.79 Å². The molecule has 0 aliphatic carbocycles. The molecule has 0 fully saturated rings. The van der Waals surface area contributed by atoms with E-state index in [-0.39, 0.29) is 11.2 Å². The lowest BCUT2D eigenvalue weighted by Gasteiger charge is -2.16. The maximum Gasteiger partial charge on any atom is 0.237 e. The van der Waals surface area contributed by atoms with Gasteiger partial charge in [0.05, 0.1) is 26.7 Å². The number of carbonyl (C=O) groups is 1. The molecular weight excluding hydrogens is 461 g/mol. The molecule has 0 bridgehead atoms. The Morgan fingerprint density at radius 2 is 1.97 bits per heavy atom. The fourth-order valence-electron chi connectivity index (χ4n) is 2.58. The lowest BCUT2D eigenvalue weighted by molar-refractivity contribution is -0.115. The van der Waals surface area contributed by atoms with Gasteiger partial charge in [-0.05, 0) is 48.9 Å². The Morgan fingerprint density at radius 3 is 2.73 bits per heavy atom. The monoisotopic (exact) mass is 477 g/mol. The number of amides is 1. The normalized spacial score (nSPS) is 12.1. The molecule has 0 spiro atoms. The first-order valence-corrected chi connectivity index (χ1v) is 11.2. The number of hydrogen-bond donors (Lipinski definition) is 1. The standard InChI is InChI=1S/C22H18Cl3N3OS/c1-2-19(22(29)28-18-10-4-9-17(23)20(18)24)30-16-8-3-7-15(12-16)27-13-14-6-5-11-26-21(14)25/h3-13,19H,2H2,1H3,(H,28,29)/t19-/m0/s1. The predicted octanol–water partition coefficient (Wildman–Crippen LogP) is 7.30. The molecule has 0 radical (unpaired) electrons. The minimum absolute atomic E-state index is 0.136. The number of thioether (sulfide) groups is 1. The van der Waals surface area contributed by atoms with Crippen molar-refractivity contribution in [2.24, 2.45) is 4.99 Å². The van der Waals surface area contributed by atoms with Gasteiger partial charge in [0.1, 0.15) is 5.15 Å². The highest BCUT2D eigenvalue weighted by Crippen LogP contribution is 2.32. The lowest BCUT2D eigenvalue weighted by atomic mass is 10.2. The molecule has 2 aromatic carbocycles. The summed E-state index contributed by atoms with van der Waals surface area (Å²) in [7, 11) is 0. The first-order chi connectivity index (χ1) is 14.5. The molecule has 1 heterocycles. The SMILES string of the molecule is CC[C@H](Sc1cccc(N=Cc2cccnc2Cl)c1)C(=O)Nc1cccc(Cl)c1Cl. The van der Waals surface area contributed by atoms with Crippen LogP contribution in [-0.2, 0) is 4.79 Å². The summed E-state index contributed by atoms with van der Waals surface area (Å²) < 4.78 is 0. The minimum atomic E-state index is -0.299. The van der Waals surface area contributed by atoms with E-state index in [1.165, 1.54) is 11.8 Å². The topological polar surface area (TPSA) is 54.4 Å². The summed E-state index contributed by atoms with van der Waals surface area (Å²) in [5.41, 5.74) is 1.99. The van der Waals surface area contributed by atoms with Gasteiger partial charge in [-0.25, -0.2) is 4.98 Å².